The molecule has 3 heterocycles. The van der Waals surface area contributed by atoms with E-state index in [1.165, 1.54) is 28.9 Å². The molecule has 212 valence electrons. The van der Waals surface area contributed by atoms with E-state index < -0.39 is 18.3 Å². The maximum Gasteiger partial charge on any atom is 0.320 e. The third-order valence-electron chi connectivity index (χ3n) is 5.11. The number of hydrogen-bond donors (Lipinski definition) is 3. The van der Waals surface area contributed by atoms with E-state index in [4.69, 9.17) is 25.1 Å². The van der Waals surface area contributed by atoms with Gasteiger partial charge in [-0.1, -0.05) is 54.1 Å². The molecule has 3 unspecified atom stereocenters. The molecule has 0 bridgehead atoms. The Labute approximate surface area is 233 Å². The van der Waals surface area contributed by atoms with Crippen LogP contribution in [0.15, 0.2) is 85.2 Å². The number of fused-ring (bicyclic) bond motifs is 1. The lowest BCUT2D eigenvalue weighted by Crippen LogP contribution is -2.20. The van der Waals surface area contributed by atoms with E-state index in [0.29, 0.717) is 23.5 Å². The van der Waals surface area contributed by atoms with E-state index in [9.17, 15) is 9.18 Å². The van der Waals surface area contributed by atoms with Crippen molar-refractivity contribution in [2.24, 2.45) is 0 Å². The van der Waals surface area contributed by atoms with Crippen LogP contribution in [0.4, 0.5) is 10.2 Å². The summed E-state index contributed by atoms with van der Waals surface area (Å²) in [7, 11) is 0.135. The molecule has 0 saturated heterocycles. The number of aromatic nitrogens is 4. The number of phenols is 1. The molecule has 0 spiro atoms. The predicted octanol–water partition coefficient (Wildman–Crippen LogP) is 4.22. The standard InChI is InChI=1S/C14H18FN6O4P.C7H8.C6H6O/c1-2-23-9(22)4-20-26-7-24-10-3-8(15)14(25-10)21-6-19-11-12(16)17-5-18-13(11)21;1-7-5-3-2-4-6-7;7-6-4-2-1-3-5-6/h3,5-6,10,14,20,26H,2,4,7H2,1H3,(H2,16,17,18);2-6H,1H3;1-5,7H. The first-order valence-electron chi connectivity index (χ1n) is 12.3. The maximum absolute atomic E-state index is 14.3. The van der Waals surface area contributed by atoms with E-state index >= 15 is 0 Å². The average Bonchev–Trinajstić information content (AvgIpc) is 3.54. The van der Waals surface area contributed by atoms with Gasteiger partial charge in [0.05, 0.1) is 25.8 Å². The summed E-state index contributed by atoms with van der Waals surface area (Å²) in [5.74, 6) is -0.328. The van der Waals surface area contributed by atoms with Crippen molar-refractivity contribution in [1.29, 1.82) is 0 Å². The van der Waals surface area contributed by atoms with Gasteiger partial charge in [-0.15, -0.1) is 0 Å². The molecule has 13 heteroatoms. The monoisotopic (exact) mass is 570 g/mol. The van der Waals surface area contributed by atoms with Crippen molar-refractivity contribution >= 4 is 31.7 Å². The fourth-order valence-corrected chi connectivity index (χ4v) is 3.87. The van der Waals surface area contributed by atoms with E-state index in [1.807, 2.05) is 24.3 Å². The summed E-state index contributed by atoms with van der Waals surface area (Å²) in [6, 6.07) is 19.0. The number of ether oxygens (including phenoxy) is 3. The second-order valence-corrected chi connectivity index (χ2v) is 9.12. The molecular weight excluding hydrogens is 538 g/mol. The van der Waals surface area contributed by atoms with Gasteiger partial charge in [-0.3, -0.25) is 14.4 Å². The molecule has 1 aliphatic rings. The number of carbonyl (C=O) groups is 1. The fourth-order valence-electron chi connectivity index (χ4n) is 3.26. The van der Waals surface area contributed by atoms with Gasteiger partial charge in [0, 0.05) is 6.08 Å². The molecular formula is C27H32FN6O5P. The fraction of sp³-hybridized carbons (Fsp3) is 0.259. The second-order valence-electron chi connectivity index (χ2n) is 8.13. The topological polar surface area (TPSA) is 147 Å². The lowest BCUT2D eigenvalue weighted by atomic mass is 10.2. The lowest BCUT2D eigenvalue weighted by molar-refractivity contribution is -0.141. The number of phenolic OH excluding ortho intramolecular Hbond substituents is 1. The molecule has 5 rings (SSSR count). The van der Waals surface area contributed by atoms with Crippen molar-refractivity contribution in [2.45, 2.75) is 26.4 Å². The Kier molecular flexibility index (Phi) is 12.4. The number of benzene rings is 2. The van der Waals surface area contributed by atoms with Crippen molar-refractivity contribution in [3.8, 4) is 5.75 Å². The number of nitrogen functional groups attached to an aromatic ring is 1. The van der Waals surface area contributed by atoms with Crippen LogP contribution in [-0.4, -0.2) is 56.4 Å². The number of imidazole rings is 1. The van der Waals surface area contributed by atoms with Crippen molar-refractivity contribution in [1.82, 2.24) is 24.6 Å². The quantitative estimate of drug-likeness (QED) is 0.160. The molecule has 0 saturated carbocycles. The van der Waals surface area contributed by atoms with Crippen molar-refractivity contribution in [3.63, 3.8) is 0 Å². The highest BCUT2D eigenvalue weighted by molar-refractivity contribution is 7.35. The summed E-state index contributed by atoms with van der Waals surface area (Å²) in [5, 5.41) is 11.5. The first-order valence-corrected chi connectivity index (χ1v) is 13.5. The highest BCUT2D eigenvalue weighted by atomic mass is 31.1. The third kappa shape index (κ3) is 9.65. The number of carbonyl (C=O) groups excluding carboxylic acids is 1. The Morgan fingerprint density at radius 2 is 1.85 bits per heavy atom. The van der Waals surface area contributed by atoms with Gasteiger partial charge < -0.3 is 25.1 Å². The van der Waals surface area contributed by atoms with Gasteiger partial charge in [0.2, 0.25) is 0 Å². The Balaban J connectivity index is 0.000000255. The SMILES string of the molecule is CCOC(=O)CNPCOC1C=C(F)C(n2cnc3c(N)ncnc32)O1.Cc1ccccc1.Oc1ccccc1. The van der Waals surface area contributed by atoms with Crippen LogP contribution in [0.2, 0.25) is 0 Å². The zero-order chi connectivity index (χ0) is 28.7. The molecule has 4 N–H and O–H groups in total. The number of anilines is 1. The van der Waals surface area contributed by atoms with E-state index in [0.717, 1.165) is 0 Å². The number of aryl methyl sites for hydroxylation is 1. The van der Waals surface area contributed by atoms with Gasteiger partial charge in [0.25, 0.3) is 0 Å². The Bertz CT molecular complexity index is 1320. The average molecular weight is 571 g/mol. The number of aromatic hydroxyl groups is 1. The van der Waals surface area contributed by atoms with E-state index in [1.54, 1.807) is 31.2 Å². The van der Waals surface area contributed by atoms with Crippen LogP contribution in [0, 0.1) is 6.92 Å². The minimum Gasteiger partial charge on any atom is -0.508 e. The Morgan fingerprint density at radius 3 is 2.45 bits per heavy atom. The molecule has 4 aromatic rings. The number of nitrogens with two attached hydrogens (primary N) is 1. The number of para-hydroxylation sites is 1. The van der Waals surface area contributed by atoms with Gasteiger partial charge in [-0.05, 0) is 34.7 Å². The number of rotatable bonds is 8. The summed E-state index contributed by atoms with van der Waals surface area (Å²) < 4.78 is 31.5. The summed E-state index contributed by atoms with van der Waals surface area (Å²) in [5.41, 5.74) is 7.79. The number of esters is 1. The minimum absolute atomic E-state index is 0.0934. The Hall–Kier alpha value is -3.96. The number of hydrogen-bond acceptors (Lipinski definition) is 10. The molecule has 0 amide bonds. The van der Waals surface area contributed by atoms with Crippen LogP contribution >= 0.6 is 8.73 Å². The van der Waals surface area contributed by atoms with E-state index in [2.05, 4.69) is 39.1 Å². The normalized spacial score (nSPS) is 16.1. The summed E-state index contributed by atoms with van der Waals surface area (Å²) in [6.45, 7) is 4.25. The zero-order valence-electron chi connectivity index (χ0n) is 22.1. The van der Waals surface area contributed by atoms with Gasteiger partial charge in [0.15, 0.2) is 29.8 Å². The largest absolute Gasteiger partial charge is 0.508 e. The summed E-state index contributed by atoms with van der Waals surface area (Å²) >= 11 is 0. The first-order chi connectivity index (χ1) is 19.4. The molecule has 2 aromatic heterocycles. The van der Waals surface area contributed by atoms with Crippen molar-refractivity contribution in [3.05, 3.63) is 90.8 Å². The number of halogens is 1. The summed E-state index contributed by atoms with van der Waals surface area (Å²) in [6.07, 6.45) is 2.26. The van der Waals surface area contributed by atoms with Crippen LogP contribution in [-0.2, 0) is 19.0 Å². The van der Waals surface area contributed by atoms with Gasteiger partial charge in [-0.25, -0.2) is 19.3 Å². The first kappa shape index (κ1) is 30.6. The van der Waals surface area contributed by atoms with Crippen molar-refractivity contribution in [2.75, 3.05) is 25.2 Å². The van der Waals surface area contributed by atoms with Crippen LogP contribution in [0.3, 0.4) is 0 Å². The third-order valence-corrected chi connectivity index (χ3v) is 5.85. The molecule has 11 nitrogen and oxygen atoms in total. The molecule has 40 heavy (non-hydrogen) atoms. The zero-order valence-corrected chi connectivity index (χ0v) is 23.1. The van der Waals surface area contributed by atoms with Crippen LogP contribution < -0.4 is 10.8 Å². The molecule has 2 aromatic carbocycles. The molecule has 0 radical (unpaired) electrons. The van der Waals surface area contributed by atoms with Gasteiger partial charge in [-0.2, -0.15) is 0 Å². The molecule has 0 fully saturated rings. The molecule has 0 aliphatic carbocycles. The van der Waals surface area contributed by atoms with Gasteiger partial charge in [0.1, 0.15) is 17.6 Å². The highest BCUT2D eigenvalue weighted by Gasteiger charge is 2.31. The van der Waals surface area contributed by atoms with Crippen LogP contribution in [0.5, 0.6) is 5.75 Å². The van der Waals surface area contributed by atoms with Crippen LogP contribution in [0.25, 0.3) is 11.2 Å². The van der Waals surface area contributed by atoms with E-state index in [-0.39, 0.29) is 33.4 Å². The van der Waals surface area contributed by atoms with Crippen LogP contribution in [0.1, 0.15) is 18.7 Å². The second kappa shape index (κ2) is 16.2. The highest BCUT2D eigenvalue weighted by Crippen LogP contribution is 2.33. The van der Waals surface area contributed by atoms with Gasteiger partial charge >= 0.3 is 5.97 Å². The summed E-state index contributed by atoms with van der Waals surface area (Å²) in [4.78, 5) is 23.2. The van der Waals surface area contributed by atoms with Crippen molar-refractivity contribution < 1.29 is 28.5 Å². The lowest BCUT2D eigenvalue weighted by Gasteiger charge is -2.16. The maximum atomic E-state index is 14.3. The minimum atomic E-state index is -1.03. The smallest absolute Gasteiger partial charge is 0.320 e. The Morgan fingerprint density at radius 1 is 1.15 bits per heavy atom. The number of nitrogens with zero attached hydrogens (tertiary/aromatic N) is 4. The number of nitrogens with one attached hydrogen (secondary N) is 1. The molecule has 3 atom stereocenters. The molecule has 1 aliphatic heterocycles. The predicted molar refractivity (Wildman–Crippen MR) is 151 cm³/mol.